The molecule has 2 amide bonds. The van der Waals surface area contributed by atoms with E-state index in [0.29, 0.717) is 10.6 Å². The topological polar surface area (TPSA) is 118 Å². The van der Waals surface area contributed by atoms with Gasteiger partial charge in [0.15, 0.2) is 9.84 Å². The molecule has 10 heteroatoms. The molecular formula is C16H16ClN3O5S. The third-order valence-electron chi connectivity index (χ3n) is 4.12. The van der Waals surface area contributed by atoms with Crippen LogP contribution in [0.5, 0.6) is 0 Å². The fraction of sp³-hybridized carbons (Fsp3) is 0.312. The molecular weight excluding hydrogens is 382 g/mol. The monoisotopic (exact) mass is 397 g/mol. The maximum absolute atomic E-state index is 12.5. The van der Waals surface area contributed by atoms with Gasteiger partial charge in [0.2, 0.25) is 5.91 Å². The van der Waals surface area contributed by atoms with Crippen LogP contribution in [-0.4, -0.2) is 36.9 Å². The Labute approximate surface area is 154 Å². The summed E-state index contributed by atoms with van der Waals surface area (Å²) in [6.07, 6.45) is 0.237. The van der Waals surface area contributed by atoms with E-state index in [9.17, 15) is 18.0 Å². The molecule has 1 saturated heterocycles. The van der Waals surface area contributed by atoms with Crippen LogP contribution in [0.3, 0.4) is 0 Å². The summed E-state index contributed by atoms with van der Waals surface area (Å²) in [5.74, 6) is -1.84. The molecule has 2 N–H and O–H groups in total. The highest BCUT2D eigenvalue weighted by Gasteiger charge is 2.33. The third-order valence-corrected chi connectivity index (χ3v) is 6.22. The lowest BCUT2D eigenvalue weighted by atomic mass is 10.1. The second kappa shape index (κ2) is 7.08. The molecule has 1 aliphatic heterocycles. The van der Waals surface area contributed by atoms with Gasteiger partial charge in [-0.1, -0.05) is 35.0 Å². The number of hydrazine groups is 1. The Morgan fingerprint density at radius 2 is 2.00 bits per heavy atom. The van der Waals surface area contributed by atoms with Crippen LogP contribution < -0.4 is 10.9 Å². The molecule has 0 saturated carbocycles. The molecule has 1 aromatic carbocycles. The molecule has 138 valence electrons. The van der Waals surface area contributed by atoms with Crippen molar-refractivity contribution in [1.82, 2.24) is 16.0 Å². The number of carbonyl (C=O) groups excluding carboxylic acids is 2. The molecule has 1 aromatic heterocycles. The van der Waals surface area contributed by atoms with E-state index in [4.69, 9.17) is 16.1 Å². The number of nitrogens with one attached hydrogen (secondary N) is 2. The number of aromatic nitrogens is 1. The molecule has 1 fully saturated rings. The number of benzene rings is 1. The van der Waals surface area contributed by atoms with Gasteiger partial charge in [-0.25, -0.2) is 8.42 Å². The number of nitrogens with zero attached hydrogens (tertiary/aromatic N) is 1. The normalized spacial score (nSPS) is 18.5. The molecule has 26 heavy (non-hydrogen) atoms. The van der Waals surface area contributed by atoms with Crippen molar-refractivity contribution >= 4 is 33.3 Å². The van der Waals surface area contributed by atoms with Crippen LogP contribution in [0.4, 0.5) is 0 Å². The van der Waals surface area contributed by atoms with Crippen LogP contribution in [-0.2, 0) is 14.6 Å². The summed E-state index contributed by atoms with van der Waals surface area (Å²) in [6, 6.07) is 6.84. The molecule has 0 aliphatic carbocycles. The lowest BCUT2D eigenvalue weighted by Gasteiger charge is -2.11. The number of halogens is 1. The van der Waals surface area contributed by atoms with E-state index >= 15 is 0 Å². The van der Waals surface area contributed by atoms with Gasteiger partial charge in [-0.05, 0) is 19.4 Å². The minimum atomic E-state index is -3.19. The van der Waals surface area contributed by atoms with Crippen molar-refractivity contribution in [3.05, 3.63) is 40.6 Å². The Kier molecular flexibility index (Phi) is 5.01. The van der Waals surface area contributed by atoms with Gasteiger partial charge < -0.3 is 4.52 Å². The molecule has 8 nitrogen and oxygen atoms in total. The van der Waals surface area contributed by atoms with Crippen molar-refractivity contribution in [3.63, 3.8) is 0 Å². The Hall–Kier alpha value is -2.39. The summed E-state index contributed by atoms with van der Waals surface area (Å²) in [5.41, 5.74) is 5.46. The van der Waals surface area contributed by atoms with Gasteiger partial charge >= 0.3 is 0 Å². The molecule has 1 aliphatic rings. The summed E-state index contributed by atoms with van der Waals surface area (Å²) >= 11 is 6.15. The summed E-state index contributed by atoms with van der Waals surface area (Å²) in [7, 11) is -3.19. The van der Waals surface area contributed by atoms with E-state index < -0.39 is 27.6 Å². The van der Waals surface area contributed by atoms with Crippen molar-refractivity contribution in [1.29, 1.82) is 0 Å². The second-order valence-electron chi connectivity index (χ2n) is 5.99. The smallest absolute Gasteiger partial charge is 0.275 e. The standard InChI is InChI=1S/C16H16ClN3O5S/c1-9-13(14(20-25-9)11-4-2-3-5-12(11)17)16(22)19-18-15(21)10-6-7-26(23,24)8-10/h2-5,10H,6-8H2,1H3,(H,18,21)(H,19,22)/t10-/m1/s1. The van der Waals surface area contributed by atoms with Crippen LogP contribution in [0.25, 0.3) is 11.3 Å². The maximum Gasteiger partial charge on any atom is 0.275 e. The largest absolute Gasteiger partial charge is 0.360 e. The summed E-state index contributed by atoms with van der Waals surface area (Å²) in [5, 5.41) is 4.28. The number of carbonyl (C=O) groups is 2. The van der Waals surface area contributed by atoms with Crippen LogP contribution in [0.15, 0.2) is 28.8 Å². The first-order valence-electron chi connectivity index (χ1n) is 7.80. The molecule has 0 radical (unpaired) electrons. The van der Waals surface area contributed by atoms with E-state index in [-0.39, 0.29) is 34.9 Å². The number of hydrogen-bond donors (Lipinski definition) is 2. The lowest BCUT2D eigenvalue weighted by molar-refractivity contribution is -0.125. The highest BCUT2D eigenvalue weighted by Crippen LogP contribution is 2.30. The van der Waals surface area contributed by atoms with Crippen molar-refractivity contribution in [3.8, 4) is 11.3 Å². The highest BCUT2D eigenvalue weighted by molar-refractivity contribution is 7.91. The van der Waals surface area contributed by atoms with Crippen molar-refractivity contribution in [2.24, 2.45) is 5.92 Å². The number of amides is 2. The van der Waals surface area contributed by atoms with Gasteiger partial charge in [0.25, 0.3) is 5.91 Å². The molecule has 0 spiro atoms. The Balaban J connectivity index is 1.74. The quantitative estimate of drug-likeness (QED) is 0.757. The maximum atomic E-state index is 12.5. The summed E-state index contributed by atoms with van der Waals surface area (Å²) in [6.45, 7) is 1.56. The second-order valence-corrected chi connectivity index (χ2v) is 8.62. The minimum absolute atomic E-state index is 0.0273. The molecule has 2 heterocycles. The SMILES string of the molecule is Cc1onc(-c2ccccc2Cl)c1C(=O)NNC(=O)[C@@H]1CCS(=O)(=O)C1. The minimum Gasteiger partial charge on any atom is -0.360 e. The molecule has 3 rings (SSSR count). The summed E-state index contributed by atoms with van der Waals surface area (Å²) < 4.78 is 28.0. The van der Waals surface area contributed by atoms with Gasteiger partial charge in [0.05, 0.1) is 22.4 Å². The zero-order valence-corrected chi connectivity index (χ0v) is 15.4. The average molecular weight is 398 g/mol. The van der Waals surface area contributed by atoms with E-state index in [1.54, 1.807) is 31.2 Å². The van der Waals surface area contributed by atoms with Gasteiger partial charge in [-0.3, -0.25) is 20.4 Å². The molecule has 0 unspecified atom stereocenters. The van der Waals surface area contributed by atoms with Crippen LogP contribution in [0.2, 0.25) is 5.02 Å². The number of sulfone groups is 1. The first kappa shape index (κ1) is 18.4. The third kappa shape index (κ3) is 3.73. The van der Waals surface area contributed by atoms with E-state index in [2.05, 4.69) is 16.0 Å². The van der Waals surface area contributed by atoms with Crippen molar-refractivity contribution < 1.29 is 22.5 Å². The van der Waals surface area contributed by atoms with Crippen molar-refractivity contribution in [2.45, 2.75) is 13.3 Å². The van der Waals surface area contributed by atoms with E-state index in [1.807, 2.05) is 0 Å². The van der Waals surface area contributed by atoms with E-state index in [0.717, 1.165) is 0 Å². The van der Waals surface area contributed by atoms with Crippen LogP contribution >= 0.6 is 11.6 Å². The fourth-order valence-electron chi connectivity index (χ4n) is 2.76. The fourth-order valence-corrected chi connectivity index (χ4v) is 4.73. The van der Waals surface area contributed by atoms with E-state index in [1.165, 1.54) is 0 Å². The first-order chi connectivity index (χ1) is 12.3. The lowest BCUT2D eigenvalue weighted by Crippen LogP contribution is -2.45. The average Bonchev–Trinajstić information content (AvgIpc) is 3.15. The first-order valence-corrected chi connectivity index (χ1v) is 10.0. The van der Waals surface area contributed by atoms with Crippen LogP contribution in [0, 0.1) is 12.8 Å². The summed E-state index contributed by atoms with van der Waals surface area (Å²) in [4.78, 5) is 24.5. The zero-order valence-electron chi connectivity index (χ0n) is 13.8. The highest BCUT2D eigenvalue weighted by atomic mass is 35.5. The predicted molar refractivity (Wildman–Crippen MR) is 94.1 cm³/mol. The van der Waals surface area contributed by atoms with Gasteiger partial charge in [0.1, 0.15) is 17.0 Å². The Morgan fingerprint density at radius 1 is 1.27 bits per heavy atom. The number of hydrogen-bond acceptors (Lipinski definition) is 6. The van der Waals surface area contributed by atoms with Gasteiger partial charge in [0, 0.05) is 5.56 Å². The molecule has 1 atom stereocenters. The number of aryl methyl sites for hydroxylation is 1. The molecule has 0 bridgehead atoms. The van der Waals surface area contributed by atoms with Crippen LogP contribution in [0.1, 0.15) is 22.5 Å². The zero-order chi connectivity index (χ0) is 18.9. The predicted octanol–water partition coefficient (Wildman–Crippen LogP) is 1.50. The van der Waals surface area contributed by atoms with Gasteiger partial charge in [-0.2, -0.15) is 0 Å². The van der Waals surface area contributed by atoms with Gasteiger partial charge in [-0.15, -0.1) is 0 Å². The number of rotatable bonds is 3. The Morgan fingerprint density at radius 3 is 2.65 bits per heavy atom. The van der Waals surface area contributed by atoms with Crippen molar-refractivity contribution in [2.75, 3.05) is 11.5 Å². The molecule has 2 aromatic rings. The Bertz CT molecular complexity index is 970.